The molecule has 1 unspecified atom stereocenters. The molecule has 0 bridgehead atoms. The van der Waals surface area contributed by atoms with Crippen molar-refractivity contribution in [2.45, 2.75) is 18.9 Å². The first-order valence-corrected chi connectivity index (χ1v) is 9.65. The molecule has 1 aliphatic rings. The molecule has 1 atom stereocenters. The lowest BCUT2D eigenvalue weighted by atomic mass is 10.2. The largest absolute Gasteiger partial charge is 0.497 e. The molecular formula is C20H21N3O3S. The van der Waals surface area contributed by atoms with Gasteiger partial charge in [-0.1, -0.05) is 0 Å². The number of likely N-dealkylation sites (tertiary alicyclic amines) is 1. The van der Waals surface area contributed by atoms with Crippen LogP contribution in [0.2, 0.25) is 0 Å². The van der Waals surface area contributed by atoms with Crippen LogP contribution in [0.5, 0.6) is 5.75 Å². The Kier molecular flexibility index (Phi) is 4.39. The quantitative estimate of drug-likeness (QED) is 0.751. The van der Waals surface area contributed by atoms with Crippen LogP contribution < -0.4 is 10.5 Å². The molecule has 0 spiro atoms. The van der Waals surface area contributed by atoms with E-state index in [1.165, 1.54) is 11.3 Å². The molecule has 1 saturated heterocycles. The number of primary amides is 1. The number of hydrogen-bond donors (Lipinski definition) is 1. The Balaban J connectivity index is 1.67. The van der Waals surface area contributed by atoms with Crippen LogP contribution in [0.4, 0.5) is 0 Å². The number of methoxy groups -OCH3 is 1. The van der Waals surface area contributed by atoms with Gasteiger partial charge in [0.05, 0.1) is 18.0 Å². The zero-order valence-electron chi connectivity index (χ0n) is 15.3. The number of carbonyl (C=O) groups excluding carboxylic acids is 2. The minimum atomic E-state index is -0.426. The molecule has 0 saturated carbocycles. The maximum Gasteiger partial charge on any atom is 0.271 e. The Labute approximate surface area is 161 Å². The maximum atomic E-state index is 13.3. The van der Waals surface area contributed by atoms with Crippen molar-refractivity contribution < 1.29 is 14.3 Å². The summed E-state index contributed by atoms with van der Waals surface area (Å²) < 4.78 is 7.21. The summed E-state index contributed by atoms with van der Waals surface area (Å²) >= 11 is 1.38. The summed E-state index contributed by atoms with van der Waals surface area (Å²) in [5.41, 5.74) is 7.01. The van der Waals surface area contributed by atoms with Crippen LogP contribution in [0.25, 0.3) is 10.9 Å². The summed E-state index contributed by atoms with van der Waals surface area (Å²) in [5.74, 6) is 0.345. The number of rotatable bonds is 4. The molecule has 140 valence electrons. The Morgan fingerprint density at radius 1 is 1.22 bits per heavy atom. The smallest absolute Gasteiger partial charge is 0.271 e. The van der Waals surface area contributed by atoms with Crippen LogP contribution in [0.15, 0.2) is 36.4 Å². The molecule has 27 heavy (non-hydrogen) atoms. The Morgan fingerprint density at radius 2 is 2.04 bits per heavy atom. The minimum absolute atomic E-state index is 0.00388. The molecule has 3 aromatic rings. The highest BCUT2D eigenvalue weighted by atomic mass is 32.1. The van der Waals surface area contributed by atoms with E-state index in [9.17, 15) is 9.59 Å². The number of aromatic nitrogens is 1. The lowest BCUT2D eigenvalue weighted by molar-refractivity contribution is 0.0728. The number of amides is 2. The van der Waals surface area contributed by atoms with E-state index in [-0.39, 0.29) is 11.9 Å². The average Bonchev–Trinajstić information content (AvgIpc) is 3.39. The van der Waals surface area contributed by atoms with Crippen molar-refractivity contribution in [1.82, 2.24) is 9.47 Å². The van der Waals surface area contributed by atoms with E-state index >= 15 is 0 Å². The Bertz CT molecular complexity index is 1040. The third kappa shape index (κ3) is 2.98. The van der Waals surface area contributed by atoms with Crippen LogP contribution in [-0.2, 0) is 7.05 Å². The van der Waals surface area contributed by atoms with E-state index < -0.39 is 5.91 Å². The van der Waals surface area contributed by atoms with Gasteiger partial charge in [-0.25, -0.2) is 0 Å². The van der Waals surface area contributed by atoms with Gasteiger partial charge in [0, 0.05) is 29.4 Å². The van der Waals surface area contributed by atoms with E-state index in [0.717, 1.165) is 34.4 Å². The Morgan fingerprint density at radius 3 is 2.74 bits per heavy atom. The summed E-state index contributed by atoms with van der Waals surface area (Å²) in [7, 11) is 3.54. The van der Waals surface area contributed by atoms with Crippen LogP contribution in [0, 0.1) is 0 Å². The molecule has 0 radical (unpaired) electrons. The molecule has 1 aliphatic heterocycles. The summed E-state index contributed by atoms with van der Waals surface area (Å²) in [6.45, 7) is 0.706. The number of nitrogens with zero attached hydrogens (tertiary/aromatic N) is 2. The van der Waals surface area contributed by atoms with Gasteiger partial charge >= 0.3 is 0 Å². The maximum absolute atomic E-state index is 13.3. The van der Waals surface area contributed by atoms with Crippen molar-refractivity contribution in [2.24, 2.45) is 12.8 Å². The average molecular weight is 383 g/mol. The standard InChI is InChI=1S/C20H21N3O3S/c1-22-14-6-5-13(26-2)10-12(14)11-16(22)20(25)23-9-3-4-15(23)17-7-8-18(27-17)19(21)24/h5-8,10-11,15H,3-4,9H2,1-2H3,(H2,21,24). The van der Waals surface area contributed by atoms with Gasteiger partial charge in [0.25, 0.3) is 11.8 Å². The van der Waals surface area contributed by atoms with Crippen LogP contribution in [0.3, 0.4) is 0 Å². The molecule has 1 aromatic carbocycles. The fourth-order valence-electron chi connectivity index (χ4n) is 3.78. The van der Waals surface area contributed by atoms with Crippen molar-refractivity contribution in [3.63, 3.8) is 0 Å². The van der Waals surface area contributed by atoms with E-state index in [1.54, 1.807) is 13.2 Å². The number of nitrogens with two attached hydrogens (primary N) is 1. The van der Waals surface area contributed by atoms with E-state index in [0.29, 0.717) is 17.1 Å². The van der Waals surface area contributed by atoms with E-state index in [4.69, 9.17) is 10.5 Å². The molecule has 2 amide bonds. The van der Waals surface area contributed by atoms with Crippen LogP contribution in [-0.4, -0.2) is 34.9 Å². The minimum Gasteiger partial charge on any atom is -0.497 e. The van der Waals surface area contributed by atoms with Gasteiger partial charge in [0.1, 0.15) is 11.4 Å². The second-order valence-electron chi connectivity index (χ2n) is 6.74. The van der Waals surface area contributed by atoms with E-state index in [2.05, 4.69) is 0 Å². The number of thiophene rings is 1. The number of ether oxygens (including phenoxy) is 1. The first-order chi connectivity index (χ1) is 13.0. The van der Waals surface area contributed by atoms with Gasteiger partial charge in [0.15, 0.2) is 0 Å². The fraction of sp³-hybridized carbons (Fsp3) is 0.300. The van der Waals surface area contributed by atoms with Crippen molar-refractivity contribution in [1.29, 1.82) is 0 Å². The highest BCUT2D eigenvalue weighted by Gasteiger charge is 2.33. The zero-order chi connectivity index (χ0) is 19.1. The van der Waals surface area contributed by atoms with Gasteiger partial charge in [-0.05, 0) is 49.2 Å². The Hall–Kier alpha value is -2.80. The molecule has 2 aromatic heterocycles. The third-order valence-electron chi connectivity index (χ3n) is 5.18. The van der Waals surface area contributed by atoms with Crippen molar-refractivity contribution >= 4 is 34.1 Å². The fourth-order valence-corrected chi connectivity index (χ4v) is 4.78. The van der Waals surface area contributed by atoms with Crippen molar-refractivity contribution in [2.75, 3.05) is 13.7 Å². The molecular weight excluding hydrogens is 362 g/mol. The highest BCUT2D eigenvalue weighted by Crippen LogP contribution is 2.37. The van der Waals surface area contributed by atoms with Crippen molar-refractivity contribution in [3.05, 3.63) is 51.8 Å². The first kappa shape index (κ1) is 17.6. The molecule has 0 aliphatic carbocycles. The summed E-state index contributed by atoms with van der Waals surface area (Å²) in [6, 6.07) is 11.4. The number of carbonyl (C=O) groups is 2. The monoisotopic (exact) mass is 383 g/mol. The molecule has 1 fully saturated rings. The van der Waals surface area contributed by atoms with Crippen LogP contribution >= 0.6 is 11.3 Å². The van der Waals surface area contributed by atoms with E-state index in [1.807, 2.05) is 46.8 Å². The SMILES string of the molecule is COc1ccc2c(c1)cc(C(=O)N1CCCC1c1ccc(C(N)=O)s1)n2C. The lowest BCUT2D eigenvalue weighted by Gasteiger charge is -2.24. The first-order valence-electron chi connectivity index (χ1n) is 8.83. The zero-order valence-corrected chi connectivity index (χ0v) is 16.1. The number of fused-ring (bicyclic) bond motifs is 1. The second-order valence-corrected chi connectivity index (χ2v) is 7.85. The number of hydrogen-bond acceptors (Lipinski definition) is 4. The van der Waals surface area contributed by atoms with Gasteiger partial charge in [0.2, 0.25) is 0 Å². The molecule has 3 heterocycles. The van der Waals surface area contributed by atoms with Crippen molar-refractivity contribution in [3.8, 4) is 5.75 Å². The highest BCUT2D eigenvalue weighted by molar-refractivity contribution is 7.14. The third-order valence-corrected chi connectivity index (χ3v) is 6.38. The molecule has 2 N–H and O–H groups in total. The normalized spacial score (nSPS) is 16.8. The predicted molar refractivity (Wildman–Crippen MR) is 105 cm³/mol. The topological polar surface area (TPSA) is 77.6 Å². The molecule has 7 heteroatoms. The second kappa shape index (κ2) is 6.74. The van der Waals surface area contributed by atoms with Gasteiger partial charge in [-0.2, -0.15) is 0 Å². The van der Waals surface area contributed by atoms with Gasteiger partial charge in [-0.3, -0.25) is 9.59 Å². The lowest BCUT2D eigenvalue weighted by Crippen LogP contribution is -2.31. The molecule has 6 nitrogen and oxygen atoms in total. The summed E-state index contributed by atoms with van der Waals surface area (Å²) in [4.78, 5) is 28.1. The predicted octanol–water partition coefficient (Wildman–Crippen LogP) is 3.32. The number of aryl methyl sites for hydroxylation is 1. The summed E-state index contributed by atoms with van der Waals surface area (Å²) in [5, 5.41) is 0.975. The molecule has 4 rings (SSSR count). The number of benzene rings is 1. The van der Waals surface area contributed by atoms with Crippen LogP contribution in [0.1, 0.15) is 43.9 Å². The van der Waals surface area contributed by atoms with Gasteiger partial charge < -0.3 is 19.9 Å². The summed E-state index contributed by atoms with van der Waals surface area (Å²) in [6.07, 6.45) is 1.83. The van der Waals surface area contributed by atoms with Gasteiger partial charge in [-0.15, -0.1) is 11.3 Å².